The molecule has 0 heterocycles. The normalized spacial score (nSPS) is 10.7. The quantitative estimate of drug-likeness (QED) is 0.201. The fourth-order valence-corrected chi connectivity index (χ4v) is 3.10. The first kappa shape index (κ1) is 23.1. The van der Waals surface area contributed by atoms with Crippen molar-refractivity contribution in [2.45, 2.75) is 90.9 Å². The standard InChI is InChI=1S/C22H36O5/c1-3-5-7-9-10-11-13-17-26-21-18(14-12-8-6-4-2)15-16-19(20(21)23)27-22(24)25/h15-16,23H,3-14,17H2,1-2H3,(H,24,25). The molecule has 2 N–H and O–H groups in total. The first-order valence-corrected chi connectivity index (χ1v) is 10.5. The summed E-state index contributed by atoms with van der Waals surface area (Å²) in [6, 6.07) is 3.29. The zero-order valence-electron chi connectivity index (χ0n) is 17.0. The number of ether oxygens (including phenoxy) is 2. The summed E-state index contributed by atoms with van der Waals surface area (Å²) in [5, 5.41) is 19.2. The van der Waals surface area contributed by atoms with E-state index in [0.29, 0.717) is 12.4 Å². The molecule has 0 aliphatic rings. The number of hydrogen-bond donors (Lipinski definition) is 2. The molecule has 5 heteroatoms. The molecule has 0 saturated heterocycles. The predicted molar refractivity (Wildman–Crippen MR) is 108 cm³/mol. The summed E-state index contributed by atoms with van der Waals surface area (Å²) in [6.07, 6.45) is 12.1. The number of aryl methyl sites for hydroxylation is 1. The molecule has 27 heavy (non-hydrogen) atoms. The van der Waals surface area contributed by atoms with Crippen molar-refractivity contribution >= 4 is 6.16 Å². The van der Waals surface area contributed by atoms with Crippen molar-refractivity contribution in [1.82, 2.24) is 0 Å². The van der Waals surface area contributed by atoms with Crippen LogP contribution in [0.15, 0.2) is 12.1 Å². The highest BCUT2D eigenvalue weighted by atomic mass is 16.7. The fourth-order valence-electron chi connectivity index (χ4n) is 3.10. The van der Waals surface area contributed by atoms with Crippen molar-refractivity contribution in [1.29, 1.82) is 0 Å². The molecule has 0 radical (unpaired) electrons. The first-order valence-electron chi connectivity index (χ1n) is 10.5. The molecule has 5 nitrogen and oxygen atoms in total. The SMILES string of the molecule is CCCCCCCCCOc1c(CCCCCC)ccc(OC(=O)O)c1O. The molecular weight excluding hydrogens is 344 g/mol. The Kier molecular flexibility index (Phi) is 12.2. The van der Waals surface area contributed by atoms with Gasteiger partial charge in [0, 0.05) is 0 Å². The highest BCUT2D eigenvalue weighted by Crippen LogP contribution is 2.40. The molecule has 0 bridgehead atoms. The largest absolute Gasteiger partial charge is 0.511 e. The molecule has 0 unspecified atom stereocenters. The van der Waals surface area contributed by atoms with Crippen LogP contribution in [0, 0.1) is 0 Å². The van der Waals surface area contributed by atoms with Gasteiger partial charge in [0.05, 0.1) is 6.61 Å². The highest BCUT2D eigenvalue weighted by Gasteiger charge is 2.17. The lowest BCUT2D eigenvalue weighted by Crippen LogP contribution is -2.06. The van der Waals surface area contributed by atoms with Crippen LogP contribution in [0.1, 0.15) is 90.0 Å². The third-order valence-corrected chi connectivity index (χ3v) is 4.67. The van der Waals surface area contributed by atoms with Gasteiger partial charge in [0.25, 0.3) is 0 Å². The van der Waals surface area contributed by atoms with Gasteiger partial charge in [-0.25, -0.2) is 4.79 Å². The lowest BCUT2D eigenvalue weighted by molar-refractivity contribution is 0.142. The van der Waals surface area contributed by atoms with Crippen LogP contribution >= 0.6 is 0 Å². The van der Waals surface area contributed by atoms with Gasteiger partial charge in [-0.1, -0.05) is 77.7 Å². The minimum absolute atomic E-state index is 0.0747. The van der Waals surface area contributed by atoms with Gasteiger partial charge < -0.3 is 19.7 Å². The molecule has 1 rings (SSSR count). The predicted octanol–water partition coefficient (Wildman–Crippen LogP) is 6.70. The van der Waals surface area contributed by atoms with E-state index in [1.54, 1.807) is 6.07 Å². The van der Waals surface area contributed by atoms with Gasteiger partial charge in [0.1, 0.15) is 0 Å². The summed E-state index contributed by atoms with van der Waals surface area (Å²) in [4.78, 5) is 10.8. The second kappa shape index (κ2) is 14.2. The van der Waals surface area contributed by atoms with Crippen LogP contribution in [0.25, 0.3) is 0 Å². The van der Waals surface area contributed by atoms with E-state index < -0.39 is 6.16 Å². The summed E-state index contributed by atoms with van der Waals surface area (Å²) in [6.45, 7) is 4.89. The molecule has 0 saturated carbocycles. The van der Waals surface area contributed by atoms with Crippen LogP contribution < -0.4 is 9.47 Å². The van der Waals surface area contributed by atoms with Crippen LogP contribution in [0.4, 0.5) is 4.79 Å². The maximum atomic E-state index is 10.8. The van der Waals surface area contributed by atoms with E-state index in [9.17, 15) is 9.90 Å². The lowest BCUT2D eigenvalue weighted by atomic mass is 10.0. The average Bonchev–Trinajstić information content (AvgIpc) is 2.64. The third kappa shape index (κ3) is 9.55. The number of carbonyl (C=O) groups is 1. The van der Waals surface area contributed by atoms with Gasteiger partial charge in [0.15, 0.2) is 11.5 Å². The Morgan fingerprint density at radius 2 is 1.48 bits per heavy atom. The maximum Gasteiger partial charge on any atom is 0.511 e. The number of benzene rings is 1. The van der Waals surface area contributed by atoms with Crippen LogP contribution in [0.2, 0.25) is 0 Å². The Labute approximate surface area is 163 Å². The number of hydrogen-bond acceptors (Lipinski definition) is 4. The van der Waals surface area contributed by atoms with Crippen molar-refractivity contribution in [2.24, 2.45) is 0 Å². The number of phenols is 1. The Hall–Kier alpha value is -1.91. The van der Waals surface area contributed by atoms with Crippen molar-refractivity contribution in [3.8, 4) is 17.2 Å². The smallest absolute Gasteiger partial charge is 0.502 e. The summed E-state index contributed by atoms with van der Waals surface area (Å²) in [7, 11) is 0. The molecule has 0 aliphatic heterocycles. The lowest BCUT2D eigenvalue weighted by Gasteiger charge is -2.15. The zero-order valence-corrected chi connectivity index (χ0v) is 17.0. The van der Waals surface area contributed by atoms with Gasteiger partial charge in [-0.15, -0.1) is 0 Å². The van der Waals surface area contributed by atoms with Gasteiger partial charge in [-0.3, -0.25) is 0 Å². The van der Waals surface area contributed by atoms with Gasteiger partial charge in [0.2, 0.25) is 5.75 Å². The van der Waals surface area contributed by atoms with Crippen molar-refractivity contribution in [3.05, 3.63) is 17.7 Å². The monoisotopic (exact) mass is 380 g/mol. The van der Waals surface area contributed by atoms with Crippen molar-refractivity contribution < 1.29 is 24.5 Å². The van der Waals surface area contributed by atoms with E-state index >= 15 is 0 Å². The zero-order chi connectivity index (χ0) is 19.9. The molecular formula is C22H36O5. The summed E-state index contributed by atoms with van der Waals surface area (Å²) >= 11 is 0. The van der Waals surface area contributed by atoms with E-state index in [1.165, 1.54) is 44.6 Å². The van der Waals surface area contributed by atoms with Crippen LogP contribution in [-0.2, 0) is 6.42 Å². The number of carboxylic acid groups (broad SMARTS) is 1. The summed E-state index contributed by atoms with van der Waals surface area (Å²) in [5.74, 6) is 0.0824. The molecule has 1 aromatic carbocycles. The van der Waals surface area contributed by atoms with E-state index in [0.717, 1.165) is 44.1 Å². The Balaban J connectivity index is 2.61. The van der Waals surface area contributed by atoms with Gasteiger partial charge in [-0.2, -0.15) is 0 Å². The second-order valence-corrected chi connectivity index (χ2v) is 7.05. The number of rotatable bonds is 15. The van der Waals surface area contributed by atoms with E-state index in [-0.39, 0.29) is 11.5 Å². The maximum absolute atomic E-state index is 10.8. The van der Waals surface area contributed by atoms with Crippen molar-refractivity contribution in [3.63, 3.8) is 0 Å². The topological polar surface area (TPSA) is 76.0 Å². The molecule has 1 aromatic rings. The summed E-state index contributed by atoms with van der Waals surface area (Å²) < 4.78 is 10.5. The average molecular weight is 381 g/mol. The Morgan fingerprint density at radius 1 is 0.889 bits per heavy atom. The number of phenolic OH excluding ortho intramolecular Hbond substituents is 1. The second-order valence-electron chi connectivity index (χ2n) is 7.05. The van der Waals surface area contributed by atoms with Crippen LogP contribution in [-0.4, -0.2) is 23.0 Å². The van der Waals surface area contributed by atoms with Crippen LogP contribution in [0.5, 0.6) is 17.2 Å². The molecule has 0 spiro atoms. The molecule has 0 aromatic heterocycles. The minimum Gasteiger partial charge on any atom is -0.502 e. The molecule has 0 amide bonds. The van der Waals surface area contributed by atoms with Crippen molar-refractivity contribution in [2.75, 3.05) is 6.61 Å². The third-order valence-electron chi connectivity index (χ3n) is 4.67. The Bertz CT molecular complexity index is 542. The minimum atomic E-state index is -1.45. The molecule has 0 fully saturated rings. The molecule has 0 atom stereocenters. The number of unbranched alkanes of at least 4 members (excludes halogenated alkanes) is 9. The molecule has 154 valence electrons. The summed E-state index contributed by atoms with van der Waals surface area (Å²) in [5.41, 5.74) is 0.907. The highest BCUT2D eigenvalue weighted by molar-refractivity contribution is 5.65. The van der Waals surface area contributed by atoms with E-state index in [2.05, 4.69) is 18.6 Å². The Morgan fingerprint density at radius 3 is 2.11 bits per heavy atom. The van der Waals surface area contributed by atoms with E-state index in [1.807, 2.05) is 0 Å². The van der Waals surface area contributed by atoms with Gasteiger partial charge >= 0.3 is 6.16 Å². The molecule has 0 aliphatic carbocycles. The van der Waals surface area contributed by atoms with Crippen LogP contribution in [0.3, 0.4) is 0 Å². The van der Waals surface area contributed by atoms with E-state index in [4.69, 9.17) is 9.84 Å². The first-order chi connectivity index (χ1) is 13.1. The fraction of sp³-hybridized carbons (Fsp3) is 0.682. The number of aromatic hydroxyl groups is 1. The van der Waals surface area contributed by atoms with Gasteiger partial charge in [-0.05, 0) is 30.9 Å².